The van der Waals surface area contributed by atoms with Gasteiger partial charge in [-0.15, -0.1) is 0 Å². The van der Waals surface area contributed by atoms with Crippen LogP contribution < -0.4 is 0 Å². The van der Waals surface area contributed by atoms with Crippen LogP contribution in [0, 0.1) is 0 Å². The third kappa shape index (κ3) is 2.41. The van der Waals surface area contributed by atoms with Crippen molar-refractivity contribution in [2.45, 2.75) is 38.0 Å². The van der Waals surface area contributed by atoms with Crippen LogP contribution in [0.5, 0.6) is 0 Å². The number of carbonyl (C=O) groups excluding carboxylic acids is 1. The summed E-state index contributed by atoms with van der Waals surface area (Å²) < 4.78 is 1.99. The molecule has 0 radical (unpaired) electrons. The molecule has 1 aromatic heterocycles. The highest BCUT2D eigenvalue weighted by Crippen LogP contribution is 2.28. The maximum atomic E-state index is 12.3. The van der Waals surface area contributed by atoms with Crippen molar-refractivity contribution in [3.05, 3.63) is 30.0 Å². The fourth-order valence-electron chi connectivity index (χ4n) is 2.68. The number of para-hydroxylation sites is 1. The lowest BCUT2D eigenvalue weighted by Crippen LogP contribution is -2.17. The van der Waals surface area contributed by atoms with Crippen LogP contribution >= 0.6 is 11.8 Å². The van der Waals surface area contributed by atoms with Gasteiger partial charge >= 0.3 is 0 Å². The van der Waals surface area contributed by atoms with E-state index < -0.39 is 0 Å². The van der Waals surface area contributed by atoms with E-state index >= 15 is 0 Å². The Morgan fingerprint density at radius 3 is 3.05 bits per heavy atom. The number of Topliss-reactive ketones (excluding diaryl/α,β-unsaturated/α-hetero) is 1. The lowest BCUT2D eigenvalue weighted by Gasteiger charge is -2.05. The van der Waals surface area contributed by atoms with Gasteiger partial charge in [0.2, 0.25) is 0 Å². The Labute approximate surface area is 117 Å². The molecule has 0 N–H and O–H groups in total. The molecule has 0 saturated carbocycles. The van der Waals surface area contributed by atoms with Crippen LogP contribution in [-0.4, -0.2) is 26.6 Å². The number of benzene rings is 1. The molecule has 1 unspecified atom stereocenters. The van der Waals surface area contributed by atoms with Crippen LogP contribution in [0.3, 0.4) is 0 Å². The SMILES string of the molecule is CCn1nc(CC(=O)C2CCCS2)c2ccccc21. The number of fused-ring (bicyclic) bond motifs is 1. The van der Waals surface area contributed by atoms with Crippen molar-refractivity contribution in [3.8, 4) is 0 Å². The summed E-state index contributed by atoms with van der Waals surface area (Å²) in [7, 11) is 0. The van der Waals surface area contributed by atoms with Gasteiger partial charge in [0, 0.05) is 11.9 Å². The molecule has 1 aromatic carbocycles. The number of nitrogens with zero attached hydrogens (tertiary/aromatic N) is 2. The van der Waals surface area contributed by atoms with E-state index in [1.807, 2.05) is 16.8 Å². The second-order valence-electron chi connectivity index (χ2n) is 4.92. The summed E-state index contributed by atoms with van der Waals surface area (Å²) in [5, 5.41) is 5.93. The monoisotopic (exact) mass is 274 g/mol. The van der Waals surface area contributed by atoms with E-state index in [1.54, 1.807) is 11.8 Å². The van der Waals surface area contributed by atoms with Gasteiger partial charge in [-0.3, -0.25) is 9.48 Å². The number of aromatic nitrogens is 2. The van der Waals surface area contributed by atoms with Gasteiger partial charge in [0.15, 0.2) is 5.78 Å². The molecule has 1 fully saturated rings. The van der Waals surface area contributed by atoms with Gasteiger partial charge in [-0.25, -0.2) is 0 Å². The number of thioether (sulfide) groups is 1. The van der Waals surface area contributed by atoms with E-state index in [9.17, 15) is 4.79 Å². The molecule has 0 amide bonds. The average molecular weight is 274 g/mol. The molecular weight excluding hydrogens is 256 g/mol. The van der Waals surface area contributed by atoms with Gasteiger partial charge in [-0.05, 0) is 31.6 Å². The van der Waals surface area contributed by atoms with Crippen LogP contribution in [-0.2, 0) is 17.8 Å². The minimum atomic E-state index is 0.200. The normalized spacial score (nSPS) is 19.1. The molecule has 0 bridgehead atoms. The van der Waals surface area contributed by atoms with E-state index in [4.69, 9.17) is 0 Å². The molecule has 2 heterocycles. The number of aryl methyl sites for hydroxylation is 1. The Hall–Kier alpha value is -1.29. The molecule has 4 heteroatoms. The maximum Gasteiger partial charge on any atom is 0.151 e. The number of hydrogen-bond acceptors (Lipinski definition) is 3. The lowest BCUT2D eigenvalue weighted by molar-refractivity contribution is -0.118. The first kappa shape index (κ1) is 12.7. The molecule has 2 aromatic rings. The van der Waals surface area contributed by atoms with Gasteiger partial charge in [-0.1, -0.05) is 18.2 Å². The Morgan fingerprint density at radius 1 is 1.47 bits per heavy atom. The second-order valence-corrected chi connectivity index (χ2v) is 6.23. The van der Waals surface area contributed by atoms with Crippen LogP contribution in [0.4, 0.5) is 0 Å². The first-order chi connectivity index (χ1) is 9.29. The zero-order valence-corrected chi connectivity index (χ0v) is 11.9. The summed E-state index contributed by atoms with van der Waals surface area (Å²) in [6, 6.07) is 8.18. The third-order valence-corrected chi connectivity index (χ3v) is 5.09. The molecule has 1 saturated heterocycles. The summed E-state index contributed by atoms with van der Waals surface area (Å²) in [4.78, 5) is 12.3. The zero-order chi connectivity index (χ0) is 13.2. The van der Waals surface area contributed by atoms with Crippen molar-refractivity contribution >= 4 is 28.4 Å². The molecule has 1 aliphatic rings. The van der Waals surface area contributed by atoms with E-state index in [2.05, 4.69) is 24.2 Å². The van der Waals surface area contributed by atoms with E-state index in [-0.39, 0.29) is 5.25 Å². The van der Waals surface area contributed by atoms with Gasteiger partial charge in [0.05, 0.1) is 22.9 Å². The van der Waals surface area contributed by atoms with Crippen molar-refractivity contribution in [1.29, 1.82) is 0 Å². The molecule has 3 nitrogen and oxygen atoms in total. The van der Waals surface area contributed by atoms with Gasteiger partial charge in [0.1, 0.15) is 0 Å². The largest absolute Gasteiger partial charge is 0.298 e. The third-order valence-electron chi connectivity index (χ3n) is 3.66. The zero-order valence-electron chi connectivity index (χ0n) is 11.1. The molecule has 19 heavy (non-hydrogen) atoms. The second kappa shape index (κ2) is 5.37. The van der Waals surface area contributed by atoms with Crippen LogP contribution in [0.15, 0.2) is 24.3 Å². The highest BCUT2D eigenvalue weighted by molar-refractivity contribution is 8.00. The Kier molecular flexibility index (Phi) is 3.60. The fourth-order valence-corrected chi connectivity index (χ4v) is 3.90. The van der Waals surface area contributed by atoms with Crippen molar-refractivity contribution in [3.63, 3.8) is 0 Å². The molecule has 0 spiro atoms. The molecular formula is C15H18N2OS. The number of hydrogen-bond donors (Lipinski definition) is 0. The van der Waals surface area contributed by atoms with E-state index in [0.29, 0.717) is 12.2 Å². The predicted octanol–water partition coefficient (Wildman–Crippen LogP) is 3.06. The fraction of sp³-hybridized carbons (Fsp3) is 0.467. The van der Waals surface area contributed by atoms with Crippen LogP contribution in [0.25, 0.3) is 10.9 Å². The summed E-state index contributed by atoms with van der Waals surface area (Å²) >= 11 is 1.80. The first-order valence-corrected chi connectivity index (χ1v) is 7.93. The van der Waals surface area contributed by atoms with Crippen molar-refractivity contribution in [2.24, 2.45) is 0 Å². The van der Waals surface area contributed by atoms with Crippen molar-refractivity contribution in [1.82, 2.24) is 9.78 Å². The van der Waals surface area contributed by atoms with E-state index in [0.717, 1.165) is 35.3 Å². The number of ketones is 1. The minimum absolute atomic E-state index is 0.200. The molecule has 100 valence electrons. The van der Waals surface area contributed by atoms with Gasteiger partial charge in [-0.2, -0.15) is 16.9 Å². The van der Waals surface area contributed by atoms with Gasteiger partial charge in [0.25, 0.3) is 0 Å². The standard InChI is InChI=1S/C15H18N2OS/c1-2-17-13-7-4-3-6-11(13)12(16-17)10-14(18)15-8-5-9-19-15/h3-4,6-7,15H,2,5,8-10H2,1H3. The summed E-state index contributed by atoms with van der Waals surface area (Å²) in [5.41, 5.74) is 2.07. The predicted molar refractivity (Wildman–Crippen MR) is 79.6 cm³/mol. The molecule has 3 rings (SSSR count). The molecule has 1 atom stereocenters. The van der Waals surface area contributed by atoms with Crippen LogP contribution in [0.2, 0.25) is 0 Å². The number of carbonyl (C=O) groups is 1. The highest BCUT2D eigenvalue weighted by Gasteiger charge is 2.24. The summed E-state index contributed by atoms with van der Waals surface area (Å²) in [6.07, 6.45) is 2.69. The Morgan fingerprint density at radius 2 is 2.32 bits per heavy atom. The quantitative estimate of drug-likeness (QED) is 0.859. The Balaban J connectivity index is 1.90. The number of rotatable bonds is 4. The molecule has 0 aliphatic carbocycles. The molecule has 1 aliphatic heterocycles. The van der Waals surface area contributed by atoms with Crippen molar-refractivity contribution < 1.29 is 4.79 Å². The van der Waals surface area contributed by atoms with Crippen LogP contribution in [0.1, 0.15) is 25.5 Å². The summed E-state index contributed by atoms with van der Waals surface area (Å²) in [6.45, 7) is 2.92. The smallest absolute Gasteiger partial charge is 0.151 e. The van der Waals surface area contributed by atoms with Crippen molar-refractivity contribution in [2.75, 3.05) is 5.75 Å². The summed E-state index contributed by atoms with van der Waals surface area (Å²) in [5.74, 6) is 1.47. The van der Waals surface area contributed by atoms with E-state index in [1.165, 1.54) is 6.42 Å². The lowest BCUT2D eigenvalue weighted by atomic mass is 10.1. The first-order valence-electron chi connectivity index (χ1n) is 6.88. The average Bonchev–Trinajstić information content (AvgIpc) is 3.07. The maximum absolute atomic E-state index is 12.3. The topological polar surface area (TPSA) is 34.9 Å². The highest BCUT2D eigenvalue weighted by atomic mass is 32.2. The Bertz CT molecular complexity index is 599. The van der Waals surface area contributed by atoms with Gasteiger partial charge < -0.3 is 0 Å². The minimum Gasteiger partial charge on any atom is -0.298 e.